The van der Waals surface area contributed by atoms with E-state index < -0.39 is 5.97 Å². The normalized spacial score (nSPS) is 13.7. The van der Waals surface area contributed by atoms with Crippen LogP contribution in [-0.2, 0) is 14.3 Å². The van der Waals surface area contributed by atoms with Crippen molar-refractivity contribution >= 4 is 23.7 Å². The van der Waals surface area contributed by atoms with E-state index in [9.17, 15) is 14.4 Å². The SMILES string of the molecule is Cc1ccc(C(=O)NCC(=O)OCC(=O)N2CCN(c3ncccn3)CC2)cc1C. The highest BCUT2D eigenvalue weighted by atomic mass is 16.5. The molecule has 0 unspecified atom stereocenters. The van der Waals surface area contributed by atoms with Crippen LogP contribution in [0.1, 0.15) is 21.5 Å². The molecule has 1 aromatic carbocycles. The van der Waals surface area contributed by atoms with Gasteiger partial charge in [0.1, 0.15) is 6.54 Å². The van der Waals surface area contributed by atoms with Gasteiger partial charge >= 0.3 is 5.97 Å². The molecule has 1 N–H and O–H groups in total. The first-order valence-electron chi connectivity index (χ1n) is 9.75. The first-order chi connectivity index (χ1) is 14.4. The van der Waals surface area contributed by atoms with Crippen LogP contribution in [-0.4, -0.2) is 72.0 Å². The molecule has 158 valence electrons. The predicted molar refractivity (Wildman–Crippen MR) is 110 cm³/mol. The van der Waals surface area contributed by atoms with E-state index in [0.29, 0.717) is 37.7 Å². The Bertz CT molecular complexity index is 911. The number of rotatable bonds is 6. The highest BCUT2D eigenvalue weighted by molar-refractivity contribution is 5.96. The van der Waals surface area contributed by atoms with Crippen molar-refractivity contribution in [2.45, 2.75) is 13.8 Å². The molecule has 1 aliphatic rings. The van der Waals surface area contributed by atoms with Gasteiger partial charge in [0, 0.05) is 44.1 Å². The van der Waals surface area contributed by atoms with E-state index in [2.05, 4.69) is 15.3 Å². The monoisotopic (exact) mass is 411 g/mol. The van der Waals surface area contributed by atoms with Gasteiger partial charge in [-0.1, -0.05) is 6.07 Å². The third kappa shape index (κ3) is 5.53. The minimum absolute atomic E-state index is 0.266. The van der Waals surface area contributed by atoms with Crippen molar-refractivity contribution in [3.63, 3.8) is 0 Å². The summed E-state index contributed by atoms with van der Waals surface area (Å²) in [5.74, 6) is -0.648. The number of carbonyl (C=O) groups is 3. The molecule has 9 nitrogen and oxygen atoms in total. The number of hydrogen-bond donors (Lipinski definition) is 1. The number of hydrogen-bond acceptors (Lipinski definition) is 7. The average molecular weight is 411 g/mol. The molecule has 1 fully saturated rings. The second-order valence-corrected chi connectivity index (χ2v) is 7.06. The van der Waals surface area contributed by atoms with Gasteiger partial charge < -0.3 is 19.9 Å². The van der Waals surface area contributed by atoms with Gasteiger partial charge in [-0.15, -0.1) is 0 Å². The minimum Gasteiger partial charge on any atom is -0.454 e. The summed E-state index contributed by atoms with van der Waals surface area (Å²) >= 11 is 0. The van der Waals surface area contributed by atoms with E-state index in [4.69, 9.17) is 4.74 Å². The standard InChI is InChI=1S/C21H25N5O4/c1-15-4-5-17(12-16(15)2)20(29)24-13-19(28)30-14-18(27)25-8-10-26(11-9-25)21-22-6-3-7-23-21/h3-7,12H,8-11,13-14H2,1-2H3,(H,24,29). The lowest BCUT2D eigenvalue weighted by molar-refractivity contribution is -0.151. The maximum absolute atomic E-state index is 12.3. The predicted octanol–water partition coefficient (Wildman–Crippen LogP) is 0.715. The number of nitrogens with one attached hydrogen (secondary N) is 1. The second-order valence-electron chi connectivity index (χ2n) is 7.06. The van der Waals surface area contributed by atoms with E-state index in [-0.39, 0.29) is 25.0 Å². The van der Waals surface area contributed by atoms with E-state index in [0.717, 1.165) is 11.1 Å². The summed E-state index contributed by atoms with van der Waals surface area (Å²) in [6, 6.07) is 7.07. The van der Waals surface area contributed by atoms with E-state index >= 15 is 0 Å². The Morgan fingerprint density at radius 1 is 1.03 bits per heavy atom. The number of amides is 2. The molecule has 0 bridgehead atoms. The number of nitrogens with zero attached hydrogens (tertiary/aromatic N) is 4. The molecule has 0 saturated carbocycles. The van der Waals surface area contributed by atoms with Crippen LogP contribution in [0, 0.1) is 13.8 Å². The van der Waals surface area contributed by atoms with Crippen molar-refractivity contribution < 1.29 is 19.1 Å². The van der Waals surface area contributed by atoms with Crippen molar-refractivity contribution in [1.82, 2.24) is 20.2 Å². The molecule has 0 radical (unpaired) electrons. The fourth-order valence-corrected chi connectivity index (χ4v) is 3.03. The first kappa shape index (κ1) is 21.2. The third-order valence-electron chi connectivity index (χ3n) is 4.99. The Balaban J connectivity index is 1.38. The molecular weight excluding hydrogens is 386 g/mol. The van der Waals surface area contributed by atoms with Crippen molar-refractivity contribution in [2.24, 2.45) is 0 Å². The van der Waals surface area contributed by atoms with Crippen molar-refractivity contribution in [3.8, 4) is 0 Å². The molecule has 1 aliphatic heterocycles. The van der Waals surface area contributed by atoms with Crippen LogP contribution in [0.3, 0.4) is 0 Å². The Kier molecular flexibility index (Phi) is 6.95. The second kappa shape index (κ2) is 9.82. The summed E-state index contributed by atoms with van der Waals surface area (Å²) in [7, 11) is 0. The lowest BCUT2D eigenvalue weighted by Gasteiger charge is -2.34. The number of aryl methyl sites for hydroxylation is 2. The zero-order valence-corrected chi connectivity index (χ0v) is 17.1. The summed E-state index contributed by atoms with van der Waals surface area (Å²) in [5.41, 5.74) is 2.55. The van der Waals surface area contributed by atoms with Crippen LogP contribution in [0.15, 0.2) is 36.7 Å². The molecule has 0 spiro atoms. The van der Waals surface area contributed by atoms with Crippen LogP contribution in [0.5, 0.6) is 0 Å². The van der Waals surface area contributed by atoms with Gasteiger partial charge in [0.25, 0.3) is 11.8 Å². The topological polar surface area (TPSA) is 105 Å². The highest BCUT2D eigenvalue weighted by Gasteiger charge is 2.23. The lowest BCUT2D eigenvalue weighted by Crippen LogP contribution is -2.50. The summed E-state index contributed by atoms with van der Waals surface area (Å²) in [4.78, 5) is 48.4. The summed E-state index contributed by atoms with van der Waals surface area (Å²) in [5, 5.41) is 2.51. The fraction of sp³-hybridized carbons (Fsp3) is 0.381. The number of carbonyl (C=O) groups excluding carboxylic acids is 3. The minimum atomic E-state index is -0.656. The first-order valence-corrected chi connectivity index (χ1v) is 9.75. The zero-order chi connectivity index (χ0) is 21.5. The van der Waals surface area contributed by atoms with Crippen molar-refractivity contribution in [3.05, 3.63) is 53.3 Å². The molecule has 1 saturated heterocycles. The largest absolute Gasteiger partial charge is 0.454 e. The number of ether oxygens (including phenoxy) is 1. The Labute approximate surface area is 175 Å². The lowest BCUT2D eigenvalue weighted by atomic mass is 10.1. The molecule has 0 aliphatic carbocycles. The van der Waals surface area contributed by atoms with Gasteiger partial charge in [0.2, 0.25) is 5.95 Å². The van der Waals surface area contributed by atoms with Crippen LogP contribution < -0.4 is 10.2 Å². The van der Waals surface area contributed by atoms with Crippen molar-refractivity contribution in [2.75, 3.05) is 44.2 Å². The van der Waals surface area contributed by atoms with Gasteiger partial charge in [0.15, 0.2) is 6.61 Å². The number of piperazine rings is 1. The Morgan fingerprint density at radius 2 is 1.73 bits per heavy atom. The number of anilines is 1. The maximum Gasteiger partial charge on any atom is 0.325 e. The van der Waals surface area contributed by atoms with Crippen LogP contribution in [0.25, 0.3) is 0 Å². The van der Waals surface area contributed by atoms with E-state index in [1.807, 2.05) is 24.8 Å². The molecule has 9 heteroatoms. The number of esters is 1. The third-order valence-corrected chi connectivity index (χ3v) is 4.99. The van der Waals surface area contributed by atoms with Gasteiger partial charge in [0.05, 0.1) is 0 Å². The van der Waals surface area contributed by atoms with E-state index in [1.165, 1.54) is 0 Å². The molecule has 2 heterocycles. The van der Waals surface area contributed by atoms with Crippen LogP contribution in [0.4, 0.5) is 5.95 Å². The quantitative estimate of drug-likeness (QED) is 0.698. The van der Waals surface area contributed by atoms with Gasteiger partial charge in [-0.05, 0) is 43.2 Å². The molecule has 30 heavy (non-hydrogen) atoms. The Morgan fingerprint density at radius 3 is 2.40 bits per heavy atom. The molecule has 2 amide bonds. The van der Waals surface area contributed by atoms with Gasteiger partial charge in [-0.25, -0.2) is 9.97 Å². The molecule has 3 rings (SSSR count). The number of benzene rings is 1. The fourth-order valence-electron chi connectivity index (χ4n) is 3.03. The molecule has 1 aromatic heterocycles. The van der Waals surface area contributed by atoms with Gasteiger partial charge in [-0.3, -0.25) is 14.4 Å². The average Bonchev–Trinajstić information content (AvgIpc) is 2.78. The van der Waals surface area contributed by atoms with Crippen LogP contribution >= 0.6 is 0 Å². The van der Waals surface area contributed by atoms with Crippen LogP contribution in [0.2, 0.25) is 0 Å². The van der Waals surface area contributed by atoms with Crippen molar-refractivity contribution in [1.29, 1.82) is 0 Å². The highest BCUT2D eigenvalue weighted by Crippen LogP contribution is 2.10. The smallest absolute Gasteiger partial charge is 0.325 e. The van der Waals surface area contributed by atoms with Gasteiger partial charge in [-0.2, -0.15) is 0 Å². The summed E-state index contributed by atoms with van der Waals surface area (Å²) in [6.45, 7) is 5.44. The summed E-state index contributed by atoms with van der Waals surface area (Å²) < 4.78 is 5.01. The number of aromatic nitrogens is 2. The maximum atomic E-state index is 12.3. The molecular formula is C21H25N5O4. The van der Waals surface area contributed by atoms with E-state index in [1.54, 1.807) is 35.5 Å². The Hall–Kier alpha value is -3.49. The zero-order valence-electron chi connectivity index (χ0n) is 17.1. The summed E-state index contributed by atoms with van der Waals surface area (Å²) in [6.07, 6.45) is 3.36. The molecule has 0 atom stereocenters. The molecule has 2 aromatic rings.